The predicted molar refractivity (Wildman–Crippen MR) is 106 cm³/mol. The lowest BCUT2D eigenvalue weighted by Gasteiger charge is -2.29. The van der Waals surface area contributed by atoms with Crippen molar-refractivity contribution in [2.24, 2.45) is 0 Å². The summed E-state index contributed by atoms with van der Waals surface area (Å²) in [5.74, 6) is -0.744. The molecule has 1 fully saturated rings. The van der Waals surface area contributed by atoms with Crippen molar-refractivity contribution in [3.8, 4) is 0 Å². The van der Waals surface area contributed by atoms with Crippen molar-refractivity contribution in [2.75, 3.05) is 31.2 Å². The van der Waals surface area contributed by atoms with E-state index >= 15 is 0 Å². The second kappa shape index (κ2) is 9.02. The highest BCUT2D eigenvalue weighted by molar-refractivity contribution is 6.30. The van der Waals surface area contributed by atoms with Gasteiger partial charge in [-0.25, -0.2) is 4.39 Å². The molecule has 3 rings (SSSR count). The Morgan fingerprint density at radius 1 is 1.26 bits per heavy atom. The van der Waals surface area contributed by atoms with E-state index < -0.39 is 5.82 Å². The van der Waals surface area contributed by atoms with Crippen molar-refractivity contribution in [2.45, 2.75) is 13.0 Å². The molecule has 0 spiro atoms. The minimum Gasteiger partial charge on any atom is -0.378 e. The molecule has 0 radical (unpaired) electrons. The van der Waals surface area contributed by atoms with E-state index in [0.717, 1.165) is 37.6 Å². The number of carbonyl (C=O) groups is 1. The highest BCUT2D eigenvalue weighted by Crippen LogP contribution is 2.22. The first-order chi connectivity index (χ1) is 13.0. The Morgan fingerprint density at radius 3 is 2.78 bits per heavy atom. The Hall–Kier alpha value is -2.37. The monoisotopic (exact) mass is 388 g/mol. The molecule has 1 atom stereocenters. The van der Waals surface area contributed by atoms with Crippen LogP contribution in [0.25, 0.3) is 6.08 Å². The zero-order valence-electron chi connectivity index (χ0n) is 15.1. The summed E-state index contributed by atoms with van der Waals surface area (Å²) in [5, 5.41) is 3.23. The quantitative estimate of drug-likeness (QED) is 0.780. The molecule has 2 aromatic carbocycles. The number of rotatable bonds is 5. The van der Waals surface area contributed by atoms with Gasteiger partial charge in [0.25, 0.3) is 0 Å². The Morgan fingerprint density at radius 2 is 2.04 bits per heavy atom. The summed E-state index contributed by atoms with van der Waals surface area (Å²) in [5.41, 5.74) is 2.45. The maximum atomic E-state index is 13.8. The molecule has 0 aromatic heterocycles. The van der Waals surface area contributed by atoms with Gasteiger partial charge in [0, 0.05) is 35.4 Å². The molecule has 27 heavy (non-hydrogen) atoms. The van der Waals surface area contributed by atoms with E-state index in [-0.39, 0.29) is 11.9 Å². The molecule has 0 aliphatic carbocycles. The Kier molecular flexibility index (Phi) is 6.48. The third-order valence-corrected chi connectivity index (χ3v) is 4.72. The van der Waals surface area contributed by atoms with Crippen LogP contribution in [0.1, 0.15) is 24.1 Å². The van der Waals surface area contributed by atoms with Gasteiger partial charge in [-0.3, -0.25) is 4.79 Å². The van der Waals surface area contributed by atoms with Gasteiger partial charge >= 0.3 is 0 Å². The smallest absolute Gasteiger partial charge is 0.244 e. The predicted octanol–water partition coefficient (Wildman–Crippen LogP) is 4.21. The van der Waals surface area contributed by atoms with Gasteiger partial charge in [-0.15, -0.1) is 0 Å². The second-order valence-corrected chi connectivity index (χ2v) is 6.86. The summed E-state index contributed by atoms with van der Waals surface area (Å²) < 4.78 is 19.2. The maximum absolute atomic E-state index is 13.8. The van der Waals surface area contributed by atoms with Gasteiger partial charge in [-0.1, -0.05) is 29.8 Å². The number of hydrogen-bond donors (Lipinski definition) is 1. The topological polar surface area (TPSA) is 41.6 Å². The summed E-state index contributed by atoms with van der Waals surface area (Å²) in [6, 6.07) is 12.3. The molecule has 0 saturated carbocycles. The Bertz CT molecular complexity index is 835. The molecule has 1 saturated heterocycles. The van der Waals surface area contributed by atoms with Gasteiger partial charge in [-0.05, 0) is 42.8 Å². The molecule has 1 heterocycles. The molecule has 6 heteroatoms. The highest BCUT2D eigenvalue weighted by Gasteiger charge is 2.14. The first-order valence-electron chi connectivity index (χ1n) is 8.89. The molecule has 1 N–H and O–H groups in total. The largest absolute Gasteiger partial charge is 0.378 e. The summed E-state index contributed by atoms with van der Waals surface area (Å²) in [7, 11) is 0. The standard InChI is InChI=1S/C21H22ClFN2O2/c1-15(17-3-2-4-19(13-17)25-9-11-27-12-10-25)24-21(26)8-6-16-5-7-18(22)14-20(16)23/h2-8,13-15H,9-12H2,1H3,(H,24,26)/b8-6+/t15-/m0/s1. The van der Waals surface area contributed by atoms with Crippen molar-refractivity contribution in [1.82, 2.24) is 5.32 Å². The van der Waals surface area contributed by atoms with Crippen LogP contribution < -0.4 is 10.2 Å². The van der Waals surface area contributed by atoms with Crippen LogP contribution in [0.3, 0.4) is 0 Å². The lowest BCUT2D eigenvalue weighted by molar-refractivity contribution is -0.117. The second-order valence-electron chi connectivity index (χ2n) is 6.42. The molecule has 4 nitrogen and oxygen atoms in total. The van der Waals surface area contributed by atoms with Crippen LogP contribution in [0.4, 0.5) is 10.1 Å². The molecule has 142 valence electrons. The number of nitrogens with zero attached hydrogens (tertiary/aromatic N) is 1. The number of nitrogens with one attached hydrogen (secondary N) is 1. The van der Waals surface area contributed by atoms with E-state index in [1.807, 2.05) is 19.1 Å². The summed E-state index contributed by atoms with van der Waals surface area (Å²) >= 11 is 5.73. The zero-order chi connectivity index (χ0) is 19.2. The van der Waals surface area contributed by atoms with E-state index in [4.69, 9.17) is 16.3 Å². The Labute approximate surface area is 163 Å². The van der Waals surface area contributed by atoms with Crippen LogP contribution in [0.5, 0.6) is 0 Å². The highest BCUT2D eigenvalue weighted by atomic mass is 35.5. The van der Waals surface area contributed by atoms with E-state index in [1.54, 1.807) is 6.07 Å². The van der Waals surface area contributed by atoms with Gasteiger partial charge < -0.3 is 15.0 Å². The molecule has 1 aliphatic rings. The molecule has 1 amide bonds. The average Bonchev–Trinajstić information content (AvgIpc) is 2.68. The number of carbonyl (C=O) groups excluding carboxylic acids is 1. The lowest BCUT2D eigenvalue weighted by Crippen LogP contribution is -2.36. The number of amides is 1. The van der Waals surface area contributed by atoms with Crippen LogP contribution in [0.2, 0.25) is 5.02 Å². The third kappa shape index (κ3) is 5.31. The van der Waals surface area contributed by atoms with Gasteiger partial charge in [0.1, 0.15) is 5.82 Å². The number of halogens is 2. The van der Waals surface area contributed by atoms with Crippen molar-refractivity contribution < 1.29 is 13.9 Å². The van der Waals surface area contributed by atoms with Gasteiger partial charge in [0.05, 0.1) is 19.3 Å². The zero-order valence-corrected chi connectivity index (χ0v) is 15.9. The lowest BCUT2D eigenvalue weighted by atomic mass is 10.1. The van der Waals surface area contributed by atoms with E-state index in [0.29, 0.717) is 10.6 Å². The van der Waals surface area contributed by atoms with Crippen molar-refractivity contribution >= 4 is 29.3 Å². The fraction of sp³-hybridized carbons (Fsp3) is 0.286. The Balaban J connectivity index is 1.63. The fourth-order valence-electron chi connectivity index (χ4n) is 2.96. The van der Waals surface area contributed by atoms with E-state index in [2.05, 4.69) is 22.3 Å². The third-order valence-electron chi connectivity index (χ3n) is 4.48. The number of hydrogen-bond acceptors (Lipinski definition) is 3. The van der Waals surface area contributed by atoms with Crippen molar-refractivity contribution in [3.05, 3.63) is 70.5 Å². The molecule has 2 aromatic rings. The molecule has 0 unspecified atom stereocenters. The van der Waals surface area contributed by atoms with Crippen LogP contribution in [-0.2, 0) is 9.53 Å². The maximum Gasteiger partial charge on any atom is 0.244 e. The summed E-state index contributed by atoms with van der Waals surface area (Å²) in [4.78, 5) is 14.5. The van der Waals surface area contributed by atoms with Gasteiger partial charge in [-0.2, -0.15) is 0 Å². The van der Waals surface area contributed by atoms with Crippen molar-refractivity contribution in [3.63, 3.8) is 0 Å². The number of anilines is 1. The molecular weight excluding hydrogens is 367 g/mol. The molecule has 1 aliphatic heterocycles. The number of morpholine rings is 1. The normalized spacial score (nSPS) is 15.7. The average molecular weight is 389 g/mol. The van der Waals surface area contributed by atoms with Crippen molar-refractivity contribution in [1.29, 1.82) is 0 Å². The number of ether oxygens (including phenoxy) is 1. The minimum atomic E-state index is -0.460. The minimum absolute atomic E-state index is 0.168. The van der Waals surface area contributed by atoms with Crippen LogP contribution in [0, 0.1) is 5.82 Å². The molecule has 0 bridgehead atoms. The van der Waals surface area contributed by atoms with Crippen LogP contribution in [0.15, 0.2) is 48.5 Å². The summed E-state index contributed by atoms with van der Waals surface area (Å²) in [6.07, 6.45) is 2.77. The number of benzene rings is 2. The first kappa shape index (κ1) is 19.4. The fourth-order valence-corrected chi connectivity index (χ4v) is 3.12. The first-order valence-corrected chi connectivity index (χ1v) is 9.27. The van der Waals surface area contributed by atoms with Crippen LogP contribution in [-0.4, -0.2) is 32.2 Å². The van der Waals surface area contributed by atoms with Crippen LogP contribution >= 0.6 is 11.6 Å². The van der Waals surface area contributed by atoms with Gasteiger partial charge in [0.2, 0.25) is 5.91 Å². The summed E-state index contributed by atoms with van der Waals surface area (Å²) in [6.45, 7) is 5.09. The SMILES string of the molecule is C[C@H](NC(=O)/C=C/c1ccc(Cl)cc1F)c1cccc(N2CCOCC2)c1. The van der Waals surface area contributed by atoms with E-state index in [9.17, 15) is 9.18 Å². The van der Waals surface area contributed by atoms with E-state index in [1.165, 1.54) is 24.3 Å². The molecular formula is C21H22ClFN2O2. The van der Waals surface area contributed by atoms with Gasteiger partial charge in [0.15, 0.2) is 0 Å².